The summed E-state index contributed by atoms with van der Waals surface area (Å²) in [6.45, 7) is 2.52. The summed E-state index contributed by atoms with van der Waals surface area (Å²) < 4.78 is 10.9. The summed E-state index contributed by atoms with van der Waals surface area (Å²) in [6, 6.07) is 6.75. The van der Waals surface area contributed by atoms with Crippen LogP contribution in [0.25, 0.3) is 0 Å². The van der Waals surface area contributed by atoms with Crippen LogP contribution in [0.4, 0.5) is 0 Å². The fourth-order valence-corrected chi connectivity index (χ4v) is 3.83. The van der Waals surface area contributed by atoms with Crippen LogP contribution in [0.2, 0.25) is 0 Å². The van der Waals surface area contributed by atoms with Crippen molar-refractivity contribution in [1.29, 1.82) is 0 Å². The van der Waals surface area contributed by atoms with E-state index in [2.05, 4.69) is 5.32 Å². The number of amides is 1. The molecule has 152 valence electrons. The minimum Gasteiger partial charge on any atom is -0.484 e. The van der Waals surface area contributed by atoms with E-state index in [0.717, 1.165) is 24.9 Å². The van der Waals surface area contributed by atoms with Gasteiger partial charge in [0.25, 0.3) is 5.91 Å². The molecule has 0 radical (unpaired) electrons. The maximum Gasteiger partial charge on any atom is 0.326 e. The normalized spacial score (nSPS) is 24.2. The predicted molar refractivity (Wildman–Crippen MR) is 100.0 cm³/mol. The molecular formula is C20H26N2O6. The first-order valence-electron chi connectivity index (χ1n) is 9.58. The molecule has 1 aromatic carbocycles. The van der Waals surface area contributed by atoms with Gasteiger partial charge in [-0.05, 0) is 49.9 Å². The molecule has 2 aliphatic rings. The molecule has 3 atom stereocenters. The summed E-state index contributed by atoms with van der Waals surface area (Å²) in [5.41, 5.74) is 1.07. The molecule has 0 saturated carbocycles. The highest BCUT2D eigenvalue weighted by Crippen LogP contribution is 2.20. The summed E-state index contributed by atoms with van der Waals surface area (Å²) in [5, 5.41) is 12.5. The summed E-state index contributed by atoms with van der Waals surface area (Å²) in [5.74, 6) is -0.995. The van der Waals surface area contributed by atoms with Crippen LogP contribution in [-0.2, 0) is 25.5 Å². The fraction of sp³-hybridized carbons (Fsp3) is 0.550. The van der Waals surface area contributed by atoms with E-state index in [0.29, 0.717) is 25.1 Å². The second-order valence-electron chi connectivity index (χ2n) is 7.22. The number of esters is 1. The molecule has 8 nitrogen and oxygen atoms in total. The number of hydrogen-bond donors (Lipinski definition) is 2. The number of benzene rings is 1. The van der Waals surface area contributed by atoms with Gasteiger partial charge in [-0.1, -0.05) is 12.1 Å². The average molecular weight is 390 g/mol. The molecule has 3 rings (SSSR count). The van der Waals surface area contributed by atoms with E-state index >= 15 is 0 Å². The van der Waals surface area contributed by atoms with Crippen molar-refractivity contribution in [3.8, 4) is 5.75 Å². The van der Waals surface area contributed by atoms with E-state index in [1.807, 2.05) is 12.1 Å². The Hall–Kier alpha value is -2.61. The van der Waals surface area contributed by atoms with Crippen molar-refractivity contribution in [3.05, 3.63) is 29.8 Å². The zero-order valence-electron chi connectivity index (χ0n) is 15.9. The predicted octanol–water partition coefficient (Wildman–Crippen LogP) is 0.977. The van der Waals surface area contributed by atoms with Gasteiger partial charge in [0.2, 0.25) is 0 Å². The number of carboxylic acid groups (broad SMARTS) is 1. The lowest BCUT2D eigenvalue weighted by atomic mass is 10.0. The highest BCUT2D eigenvalue weighted by atomic mass is 16.5. The van der Waals surface area contributed by atoms with Crippen LogP contribution < -0.4 is 10.1 Å². The molecule has 0 spiro atoms. The van der Waals surface area contributed by atoms with E-state index in [1.54, 1.807) is 12.1 Å². The summed E-state index contributed by atoms with van der Waals surface area (Å²) in [7, 11) is 0. The minimum absolute atomic E-state index is 0.0837. The Morgan fingerprint density at radius 2 is 1.96 bits per heavy atom. The molecule has 0 bridgehead atoms. The lowest BCUT2D eigenvalue weighted by molar-refractivity contribution is -0.149. The molecule has 1 amide bonds. The van der Waals surface area contributed by atoms with Crippen molar-refractivity contribution in [1.82, 2.24) is 10.2 Å². The van der Waals surface area contributed by atoms with Gasteiger partial charge in [0, 0.05) is 19.5 Å². The third-order valence-electron chi connectivity index (χ3n) is 5.20. The molecule has 28 heavy (non-hydrogen) atoms. The van der Waals surface area contributed by atoms with Crippen LogP contribution >= 0.6 is 0 Å². The molecule has 0 aliphatic carbocycles. The van der Waals surface area contributed by atoms with E-state index in [-0.39, 0.29) is 30.6 Å². The molecule has 2 aliphatic heterocycles. The number of nitrogens with zero attached hydrogens (tertiary/aromatic N) is 1. The Morgan fingerprint density at radius 1 is 1.21 bits per heavy atom. The van der Waals surface area contributed by atoms with Gasteiger partial charge in [0.05, 0.1) is 0 Å². The van der Waals surface area contributed by atoms with Crippen molar-refractivity contribution >= 4 is 17.8 Å². The number of carboxylic acids is 1. The monoisotopic (exact) mass is 390 g/mol. The van der Waals surface area contributed by atoms with Gasteiger partial charge < -0.3 is 24.8 Å². The van der Waals surface area contributed by atoms with Crippen LogP contribution in [0.5, 0.6) is 5.75 Å². The van der Waals surface area contributed by atoms with E-state index < -0.39 is 12.0 Å². The third kappa shape index (κ3) is 5.01. The van der Waals surface area contributed by atoms with Crippen LogP contribution in [-0.4, -0.2) is 65.7 Å². The molecule has 0 aromatic heterocycles. The molecule has 2 fully saturated rings. The maximum absolute atomic E-state index is 12.2. The zero-order chi connectivity index (χ0) is 20.1. The Bertz CT molecular complexity index is 720. The highest BCUT2D eigenvalue weighted by molar-refractivity contribution is 5.85. The van der Waals surface area contributed by atoms with Crippen molar-refractivity contribution in [2.75, 3.05) is 19.7 Å². The van der Waals surface area contributed by atoms with Gasteiger partial charge >= 0.3 is 11.9 Å². The highest BCUT2D eigenvalue weighted by Gasteiger charge is 2.34. The van der Waals surface area contributed by atoms with E-state index in [1.165, 1.54) is 11.8 Å². The summed E-state index contributed by atoms with van der Waals surface area (Å²) in [6.07, 6.45) is 2.60. The number of aliphatic carboxylic acids is 1. The van der Waals surface area contributed by atoms with Gasteiger partial charge in [-0.25, -0.2) is 4.79 Å². The topological polar surface area (TPSA) is 105 Å². The SMILES string of the molecule is CC(=O)O[C@@H]1CCN[C@@H]1Cc1ccc(OCC(=O)N2CCC[C@H]2C(=O)O)cc1. The fourth-order valence-electron chi connectivity index (χ4n) is 3.83. The Labute approximate surface area is 163 Å². The summed E-state index contributed by atoms with van der Waals surface area (Å²) >= 11 is 0. The molecule has 2 saturated heterocycles. The van der Waals surface area contributed by atoms with E-state index in [9.17, 15) is 14.4 Å². The first kappa shape index (κ1) is 20.1. The minimum atomic E-state index is -0.970. The van der Waals surface area contributed by atoms with Crippen molar-refractivity contribution in [2.45, 2.75) is 50.8 Å². The van der Waals surface area contributed by atoms with Crippen molar-refractivity contribution in [3.63, 3.8) is 0 Å². The average Bonchev–Trinajstić information content (AvgIpc) is 3.30. The second-order valence-corrected chi connectivity index (χ2v) is 7.22. The van der Waals surface area contributed by atoms with Gasteiger partial charge in [-0.2, -0.15) is 0 Å². The Balaban J connectivity index is 1.50. The second kappa shape index (κ2) is 9.05. The number of carbonyl (C=O) groups excluding carboxylic acids is 2. The quantitative estimate of drug-likeness (QED) is 0.669. The zero-order valence-corrected chi connectivity index (χ0v) is 15.9. The maximum atomic E-state index is 12.2. The van der Waals surface area contributed by atoms with Gasteiger partial charge in [0.1, 0.15) is 17.9 Å². The standard InChI is InChI=1S/C20H26N2O6/c1-13(23)28-18-8-9-21-16(18)11-14-4-6-15(7-5-14)27-12-19(24)22-10-2-3-17(22)20(25)26/h4-7,16-18,21H,2-3,8-12H2,1H3,(H,25,26)/t16-,17+,18-/m1/s1. The molecule has 0 unspecified atom stereocenters. The van der Waals surface area contributed by atoms with Crippen LogP contribution in [0, 0.1) is 0 Å². The van der Waals surface area contributed by atoms with Gasteiger partial charge in [0.15, 0.2) is 6.61 Å². The van der Waals surface area contributed by atoms with Crippen LogP contribution in [0.1, 0.15) is 31.7 Å². The number of nitrogens with one attached hydrogen (secondary N) is 1. The molecule has 1 aromatic rings. The van der Waals surface area contributed by atoms with Crippen molar-refractivity contribution in [2.24, 2.45) is 0 Å². The van der Waals surface area contributed by atoms with Crippen LogP contribution in [0.15, 0.2) is 24.3 Å². The lowest BCUT2D eigenvalue weighted by Crippen LogP contribution is -2.42. The number of ether oxygens (including phenoxy) is 2. The molecule has 8 heteroatoms. The summed E-state index contributed by atoms with van der Waals surface area (Å²) in [4.78, 5) is 36.0. The Kier molecular flexibility index (Phi) is 6.51. The third-order valence-corrected chi connectivity index (χ3v) is 5.20. The number of hydrogen-bond acceptors (Lipinski definition) is 6. The number of likely N-dealkylation sites (tertiary alicyclic amines) is 1. The first-order valence-corrected chi connectivity index (χ1v) is 9.58. The largest absolute Gasteiger partial charge is 0.484 e. The molecule has 2 heterocycles. The lowest BCUT2D eigenvalue weighted by Gasteiger charge is -2.21. The number of carbonyl (C=O) groups is 3. The van der Waals surface area contributed by atoms with Gasteiger partial charge in [-0.3, -0.25) is 9.59 Å². The van der Waals surface area contributed by atoms with Crippen molar-refractivity contribution < 1.29 is 29.0 Å². The first-order chi connectivity index (χ1) is 13.4. The smallest absolute Gasteiger partial charge is 0.326 e. The van der Waals surface area contributed by atoms with Crippen LogP contribution in [0.3, 0.4) is 0 Å². The Morgan fingerprint density at radius 3 is 2.64 bits per heavy atom. The van der Waals surface area contributed by atoms with E-state index in [4.69, 9.17) is 14.6 Å². The van der Waals surface area contributed by atoms with Gasteiger partial charge in [-0.15, -0.1) is 0 Å². The molecular weight excluding hydrogens is 364 g/mol. The number of rotatable bonds is 7. The molecule has 2 N–H and O–H groups in total.